The maximum absolute atomic E-state index is 13.4. The molecule has 8 heteroatoms. The highest BCUT2D eigenvalue weighted by atomic mass is 32.2. The molecule has 0 saturated carbocycles. The lowest BCUT2D eigenvalue weighted by Gasteiger charge is -2.33. The third-order valence-corrected chi connectivity index (χ3v) is 6.42. The number of ether oxygens (including phenoxy) is 1. The molecule has 2 atom stereocenters. The summed E-state index contributed by atoms with van der Waals surface area (Å²) >= 11 is 1.43. The number of aryl methyl sites for hydroxylation is 2. The van der Waals surface area contributed by atoms with Gasteiger partial charge >= 0.3 is 0 Å². The molecular formula is C22H25N5O2S. The number of methoxy groups -OCH3 is 1. The van der Waals surface area contributed by atoms with Crippen molar-refractivity contribution in [3.05, 3.63) is 65.5 Å². The minimum Gasteiger partial charge on any atom is -0.497 e. The van der Waals surface area contributed by atoms with Crippen molar-refractivity contribution in [1.29, 1.82) is 0 Å². The molecule has 156 valence electrons. The van der Waals surface area contributed by atoms with Gasteiger partial charge in [0.2, 0.25) is 11.1 Å². The van der Waals surface area contributed by atoms with E-state index in [1.807, 2.05) is 60.1 Å². The van der Waals surface area contributed by atoms with Gasteiger partial charge in [0.15, 0.2) is 5.82 Å². The van der Waals surface area contributed by atoms with Gasteiger partial charge in [-0.15, -0.1) is 10.2 Å². The molecule has 0 radical (unpaired) electrons. The van der Waals surface area contributed by atoms with Crippen molar-refractivity contribution in [1.82, 2.24) is 14.9 Å². The van der Waals surface area contributed by atoms with Crippen molar-refractivity contribution in [2.24, 2.45) is 0 Å². The highest BCUT2D eigenvalue weighted by molar-refractivity contribution is 8.00. The van der Waals surface area contributed by atoms with E-state index in [1.54, 1.807) is 7.11 Å². The van der Waals surface area contributed by atoms with Gasteiger partial charge in [0.1, 0.15) is 11.0 Å². The molecule has 1 aliphatic heterocycles. The van der Waals surface area contributed by atoms with E-state index in [-0.39, 0.29) is 11.9 Å². The smallest absolute Gasteiger partial charge is 0.240 e. The van der Waals surface area contributed by atoms with Gasteiger partial charge in [0.25, 0.3) is 0 Å². The normalized spacial score (nSPS) is 17.7. The van der Waals surface area contributed by atoms with Crippen molar-refractivity contribution in [2.75, 3.05) is 17.9 Å². The largest absolute Gasteiger partial charge is 0.497 e. The summed E-state index contributed by atoms with van der Waals surface area (Å²) in [6, 6.07) is 15.4. The first-order chi connectivity index (χ1) is 14.6. The van der Waals surface area contributed by atoms with Crippen molar-refractivity contribution < 1.29 is 9.53 Å². The molecule has 0 unspecified atom stereocenters. The molecule has 4 rings (SSSR count). The highest BCUT2D eigenvalue weighted by Gasteiger charge is 2.37. The molecule has 7 nitrogen and oxygen atoms in total. The zero-order valence-corrected chi connectivity index (χ0v) is 18.1. The van der Waals surface area contributed by atoms with Gasteiger partial charge in [-0.05, 0) is 35.7 Å². The maximum Gasteiger partial charge on any atom is 0.240 e. The summed E-state index contributed by atoms with van der Waals surface area (Å²) in [7, 11) is 1.64. The molecule has 2 aromatic carbocycles. The number of nitrogens with one attached hydrogen (secondary N) is 2. The van der Waals surface area contributed by atoms with E-state index in [2.05, 4.69) is 27.9 Å². The Morgan fingerprint density at radius 1 is 1.13 bits per heavy atom. The molecule has 1 aromatic heterocycles. The summed E-state index contributed by atoms with van der Waals surface area (Å²) in [5.41, 5.74) is 6.41. The number of rotatable bonds is 6. The van der Waals surface area contributed by atoms with E-state index >= 15 is 0 Å². The van der Waals surface area contributed by atoms with E-state index < -0.39 is 5.25 Å². The van der Waals surface area contributed by atoms with Crippen LogP contribution in [-0.4, -0.2) is 33.1 Å². The SMILES string of the molecule is CCc1ccccc1NC(=O)[C@H]1Sc2nnc(CC)n2N[C@H]1c1ccc(OC)cc1. The molecule has 30 heavy (non-hydrogen) atoms. The third-order valence-electron chi connectivity index (χ3n) is 5.21. The van der Waals surface area contributed by atoms with E-state index in [0.29, 0.717) is 5.16 Å². The molecule has 0 spiro atoms. The van der Waals surface area contributed by atoms with E-state index in [4.69, 9.17) is 4.74 Å². The molecule has 3 aromatic rings. The number of aromatic nitrogens is 3. The number of carbonyl (C=O) groups excluding carboxylic acids is 1. The quantitative estimate of drug-likeness (QED) is 0.628. The summed E-state index contributed by atoms with van der Waals surface area (Å²) in [5, 5.41) is 11.9. The topological polar surface area (TPSA) is 81.1 Å². The fourth-order valence-corrected chi connectivity index (χ4v) is 4.64. The molecule has 0 fully saturated rings. The van der Waals surface area contributed by atoms with Crippen LogP contribution in [0.5, 0.6) is 5.75 Å². The average molecular weight is 424 g/mol. The van der Waals surface area contributed by atoms with Gasteiger partial charge in [-0.1, -0.05) is 55.9 Å². The molecule has 2 heterocycles. The highest BCUT2D eigenvalue weighted by Crippen LogP contribution is 2.38. The van der Waals surface area contributed by atoms with Gasteiger partial charge in [0, 0.05) is 12.1 Å². The number of thioether (sulfide) groups is 1. The summed E-state index contributed by atoms with van der Waals surface area (Å²) in [6.45, 7) is 4.11. The molecule has 2 N–H and O–H groups in total. The third kappa shape index (κ3) is 3.87. The van der Waals surface area contributed by atoms with Crippen molar-refractivity contribution in [2.45, 2.75) is 43.1 Å². The zero-order valence-electron chi connectivity index (χ0n) is 17.3. The van der Waals surface area contributed by atoms with E-state index in [9.17, 15) is 4.79 Å². The first kappa shape index (κ1) is 20.3. The summed E-state index contributed by atoms with van der Waals surface area (Å²) in [5.74, 6) is 1.55. The van der Waals surface area contributed by atoms with Gasteiger partial charge in [0.05, 0.1) is 13.2 Å². The summed E-state index contributed by atoms with van der Waals surface area (Å²) < 4.78 is 7.18. The fourth-order valence-electron chi connectivity index (χ4n) is 3.54. The van der Waals surface area contributed by atoms with Crippen molar-refractivity contribution in [3.8, 4) is 5.75 Å². The molecule has 1 amide bonds. The van der Waals surface area contributed by atoms with Crippen molar-refractivity contribution in [3.63, 3.8) is 0 Å². The first-order valence-corrected chi connectivity index (χ1v) is 10.9. The Bertz CT molecular complexity index is 1030. The van der Waals surface area contributed by atoms with Crippen molar-refractivity contribution >= 4 is 23.4 Å². The summed E-state index contributed by atoms with van der Waals surface area (Å²) in [4.78, 5) is 13.4. The Morgan fingerprint density at radius 2 is 1.90 bits per heavy atom. The van der Waals surface area contributed by atoms with Gasteiger partial charge in [-0.3, -0.25) is 4.79 Å². The second kappa shape index (κ2) is 8.79. The predicted octanol–water partition coefficient (Wildman–Crippen LogP) is 3.81. The standard InChI is InChI=1S/C22H25N5O2S/c1-4-14-8-6-7-9-17(14)23-21(28)20-19(15-10-12-16(29-3)13-11-15)26-27-18(5-2)24-25-22(27)30-20/h6-13,19-20,26H,4-5H2,1-3H3,(H,23,28)/t19-,20-/m0/s1. The maximum atomic E-state index is 13.4. The van der Waals surface area contributed by atoms with Crippen LogP contribution in [0, 0.1) is 0 Å². The van der Waals surface area contributed by atoms with Crippen LogP contribution in [0.3, 0.4) is 0 Å². The van der Waals surface area contributed by atoms with Gasteiger partial charge < -0.3 is 15.5 Å². The fraction of sp³-hybridized carbons (Fsp3) is 0.318. The van der Waals surface area contributed by atoms with Crippen LogP contribution >= 0.6 is 11.8 Å². The summed E-state index contributed by atoms with van der Waals surface area (Å²) in [6.07, 6.45) is 1.60. The lowest BCUT2D eigenvalue weighted by atomic mass is 10.0. The van der Waals surface area contributed by atoms with E-state index in [0.717, 1.165) is 41.2 Å². The Balaban J connectivity index is 1.67. The predicted molar refractivity (Wildman–Crippen MR) is 119 cm³/mol. The Kier molecular flexibility index (Phi) is 5.94. The van der Waals surface area contributed by atoms with Crippen LogP contribution in [0.2, 0.25) is 0 Å². The minimum atomic E-state index is -0.412. The number of hydrogen-bond donors (Lipinski definition) is 2. The number of hydrogen-bond acceptors (Lipinski definition) is 6. The van der Waals surface area contributed by atoms with Crippen LogP contribution in [0.15, 0.2) is 53.7 Å². The number of anilines is 1. The number of fused-ring (bicyclic) bond motifs is 1. The van der Waals surface area contributed by atoms with Crippen LogP contribution in [0.25, 0.3) is 0 Å². The van der Waals surface area contributed by atoms with Gasteiger partial charge in [-0.25, -0.2) is 4.68 Å². The monoisotopic (exact) mass is 423 g/mol. The molecule has 0 bridgehead atoms. The molecule has 0 saturated heterocycles. The van der Waals surface area contributed by atoms with Crippen LogP contribution in [0.1, 0.15) is 36.8 Å². The lowest BCUT2D eigenvalue weighted by Crippen LogP contribution is -2.41. The zero-order chi connectivity index (χ0) is 21.1. The van der Waals surface area contributed by atoms with Crippen LogP contribution in [-0.2, 0) is 17.6 Å². The van der Waals surface area contributed by atoms with Crippen LogP contribution < -0.4 is 15.5 Å². The van der Waals surface area contributed by atoms with Crippen LogP contribution in [0.4, 0.5) is 5.69 Å². The van der Waals surface area contributed by atoms with Gasteiger partial charge in [-0.2, -0.15) is 0 Å². The Hall–Kier alpha value is -3.00. The average Bonchev–Trinajstić information content (AvgIpc) is 3.20. The second-order valence-electron chi connectivity index (χ2n) is 7.01. The minimum absolute atomic E-state index is 0.0680. The second-order valence-corrected chi connectivity index (χ2v) is 8.11. The number of amides is 1. The Morgan fingerprint density at radius 3 is 2.60 bits per heavy atom. The molecular weight excluding hydrogens is 398 g/mol. The Labute approximate surface area is 180 Å². The number of para-hydroxylation sites is 1. The number of benzene rings is 2. The molecule has 0 aliphatic carbocycles. The molecule has 1 aliphatic rings. The number of carbonyl (C=O) groups is 1. The van der Waals surface area contributed by atoms with E-state index in [1.165, 1.54) is 11.8 Å². The first-order valence-electron chi connectivity index (χ1n) is 10.0. The number of nitrogens with zero attached hydrogens (tertiary/aromatic N) is 3. The lowest BCUT2D eigenvalue weighted by molar-refractivity contribution is -0.116.